The second-order valence-corrected chi connectivity index (χ2v) is 4.75. The van der Waals surface area contributed by atoms with Gasteiger partial charge in [0.15, 0.2) is 0 Å². The Bertz CT molecular complexity index is 468. The fourth-order valence-corrected chi connectivity index (χ4v) is 2.21. The maximum Gasteiger partial charge on any atom is 0.292 e. The van der Waals surface area contributed by atoms with Crippen molar-refractivity contribution in [2.45, 2.75) is 6.42 Å². The lowest BCUT2D eigenvalue weighted by Gasteiger charge is -1.99. The Morgan fingerprint density at radius 2 is 2.44 bits per heavy atom. The first kappa shape index (κ1) is 11.0. The third-order valence-corrected chi connectivity index (χ3v) is 3.13. The summed E-state index contributed by atoms with van der Waals surface area (Å²) in [4.78, 5) is 12.5. The quantitative estimate of drug-likeness (QED) is 0.852. The predicted octanol–water partition coefficient (Wildman–Crippen LogP) is 0.887. The highest BCUT2D eigenvalue weighted by atomic mass is 35.5. The standard InChI is InChI=1S/C8H8ClN5OS/c9-6-2-1-5(16-6)3-4-10-8(15)7-11-13-14-12-7/h1-2H,3-4H2,(H,10,15)(H,11,12,13,14). The highest BCUT2D eigenvalue weighted by Gasteiger charge is 2.09. The normalized spacial score (nSPS) is 10.3. The first-order valence-electron chi connectivity index (χ1n) is 4.51. The van der Waals surface area contributed by atoms with Gasteiger partial charge in [0.2, 0.25) is 0 Å². The number of nitrogens with one attached hydrogen (secondary N) is 2. The van der Waals surface area contributed by atoms with Crippen LogP contribution in [0.15, 0.2) is 12.1 Å². The van der Waals surface area contributed by atoms with Gasteiger partial charge in [-0.05, 0) is 23.8 Å². The number of carbonyl (C=O) groups is 1. The molecule has 0 aliphatic rings. The van der Waals surface area contributed by atoms with Crippen molar-refractivity contribution < 1.29 is 4.79 Å². The molecule has 2 aromatic rings. The molecule has 6 nitrogen and oxygen atoms in total. The van der Waals surface area contributed by atoms with Crippen molar-refractivity contribution in [2.24, 2.45) is 0 Å². The molecule has 0 atom stereocenters. The summed E-state index contributed by atoms with van der Waals surface area (Å²) in [6.07, 6.45) is 0.737. The number of hydrogen-bond acceptors (Lipinski definition) is 5. The van der Waals surface area contributed by atoms with Gasteiger partial charge in [-0.1, -0.05) is 11.6 Å². The highest BCUT2D eigenvalue weighted by molar-refractivity contribution is 7.16. The van der Waals surface area contributed by atoms with Crippen LogP contribution in [-0.4, -0.2) is 33.1 Å². The minimum Gasteiger partial charge on any atom is -0.349 e. The summed E-state index contributed by atoms with van der Waals surface area (Å²) in [5.74, 6) is -0.291. The van der Waals surface area contributed by atoms with Crippen LogP contribution in [0, 0.1) is 0 Å². The smallest absolute Gasteiger partial charge is 0.292 e. The maximum atomic E-state index is 11.4. The fourth-order valence-electron chi connectivity index (χ4n) is 1.12. The number of aromatic nitrogens is 4. The molecule has 2 N–H and O–H groups in total. The number of H-pyrrole nitrogens is 1. The number of tetrazole rings is 1. The van der Waals surface area contributed by atoms with Gasteiger partial charge in [0, 0.05) is 11.4 Å². The molecule has 84 valence electrons. The van der Waals surface area contributed by atoms with Crippen molar-refractivity contribution >= 4 is 28.8 Å². The van der Waals surface area contributed by atoms with E-state index in [-0.39, 0.29) is 11.7 Å². The van der Waals surface area contributed by atoms with Crippen LogP contribution in [-0.2, 0) is 6.42 Å². The molecule has 0 aliphatic carbocycles. The number of halogens is 1. The summed E-state index contributed by atoms with van der Waals surface area (Å²) in [5.41, 5.74) is 0. The number of amides is 1. The second-order valence-electron chi connectivity index (χ2n) is 2.95. The zero-order valence-electron chi connectivity index (χ0n) is 8.11. The van der Waals surface area contributed by atoms with Gasteiger partial charge >= 0.3 is 0 Å². The molecular formula is C8H8ClN5OS. The number of hydrogen-bond donors (Lipinski definition) is 2. The van der Waals surface area contributed by atoms with Gasteiger partial charge in [0.05, 0.1) is 4.34 Å². The average Bonchev–Trinajstić information content (AvgIpc) is 2.89. The van der Waals surface area contributed by atoms with E-state index in [1.54, 1.807) is 0 Å². The van der Waals surface area contributed by atoms with Crippen molar-refractivity contribution in [3.8, 4) is 0 Å². The van der Waals surface area contributed by atoms with Crippen molar-refractivity contribution in [2.75, 3.05) is 6.54 Å². The fraction of sp³-hybridized carbons (Fsp3) is 0.250. The van der Waals surface area contributed by atoms with Crippen molar-refractivity contribution in [1.29, 1.82) is 0 Å². The van der Waals surface area contributed by atoms with Gasteiger partial charge in [-0.3, -0.25) is 4.79 Å². The Hall–Kier alpha value is -1.47. The number of nitrogens with zero attached hydrogens (tertiary/aromatic N) is 3. The first-order valence-corrected chi connectivity index (χ1v) is 5.71. The third-order valence-electron chi connectivity index (χ3n) is 1.83. The van der Waals surface area contributed by atoms with Gasteiger partial charge in [-0.2, -0.15) is 5.21 Å². The van der Waals surface area contributed by atoms with Crippen LogP contribution in [0.2, 0.25) is 4.34 Å². The van der Waals surface area contributed by atoms with E-state index in [0.717, 1.165) is 15.6 Å². The molecular weight excluding hydrogens is 250 g/mol. The Kier molecular flexibility index (Phi) is 3.47. The summed E-state index contributed by atoms with van der Waals surface area (Å²) in [6, 6.07) is 3.77. The molecule has 16 heavy (non-hydrogen) atoms. The van der Waals surface area contributed by atoms with E-state index in [4.69, 9.17) is 11.6 Å². The molecule has 0 unspecified atom stereocenters. The largest absolute Gasteiger partial charge is 0.349 e. The Morgan fingerprint density at radius 1 is 1.56 bits per heavy atom. The molecule has 1 amide bonds. The lowest BCUT2D eigenvalue weighted by atomic mass is 10.3. The molecule has 0 saturated carbocycles. The second kappa shape index (κ2) is 5.04. The molecule has 2 heterocycles. The summed E-state index contributed by atoms with van der Waals surface area (Å²) in [7, 11) is 0. The van der Waals surface area contributed by atoms with Crippen LogP contribution < -0.4 is 5.32 Å². The Morgan fingerprint density at radius 3 is 3.06 bits per heavy atom. The van der Waals surface area contributed by atoms with Gasteiger partial charge in [-0.15, -0.1) is 21.5 Å². The summed E-state index contributed by atoms with van der Waals surface area (Å²) >= 11 is 7.28. The molecule has 2 aromatic heterocycles. The Labute approximate surface area is 100 Å². The van der Waals surface area contributed by atoms with E-state index in [1.165, 1.54) is 11.3 Å². The van der Waals surface area contributed by atoms with Crippen molar-refractivity contribution in [1.82, 2.24) is 25.9 Å². The topological polar surface area (TPSA) is 83.6 Å². The van der Waals surface area contributed by atoms with Crippen molar-refractivity contribution in [3.63, 3.8) is 0 Å². The summed E-state index contributed by atoms with van der Waals surface area (Å²) < 4.78 is 0.750. The van der Waals surface area contributed by atoms with Crippen LogP contribution in [0.3, 0.4) is 0 Å². The van der Waals surface area contributed by atoms with Gasteiger partial charge < -0.3 is 5.32 Å². The average molecular weight is 258 g/mol. The van der Waals surface area contributed by atoms with Crippen LogP contribution >= 0.6 is 22.9 Å². The SMILES string of the molecule is O=C(NCCc1ccc(Cl)s1)c1nn[nH]n1. The predicted molar refractivity (Wildman–Crippen MR) is 59.5 cm³/mol. The first-order chi connectivity index (χ1) is 7.75. The molecule has 0 spiro atoms. The molecule has 0 fully saturated rings. The third kappa shape index (κ3) is 2.77. The van der Waals surface area contributed by atoms with Crippen LogP contribution in [0.4, 0.5) is 0 Å². The summed E-state index contributed by atoms with van der Waals surface area (Å²) in [6.45, 7) is 0.518. The number of rotatable bonds is 4. The van der Waals surface area contributed by atoms with E-state index in [9.17, 15) is 4.79 Å². The summed E-state index contributed by atoms with van der Waals surface area (Å²) in [5, 5.41) is 15.3. The highest BCUT2D eigenvalue weighted by Crippen LogP contribution is 2.21. The lowest BCUT2D eigenvalue weighted by molar-refractivity contribution is 0.0944. The Balaban J connectivity index is 1.78. The van der Waals surface area contributed by atoms with E-state index in [1.807, 2.05) is 12.1 Å². The minimum atomic E-state index is -0.337. The van der Waals surface area contributed by atoms with E-state index < -0.39 is 0 Å². The van der Waals surface area contributed by atoms with Crippen LogP contribution in [0.25, 0.3) is 0 Å². The van der Waals surface area contributed by atoms with Crippen molar-refractivity contribution in [3.05, 3.63) is 27.2 Å². The monoisotopic (exact) mass is 257 g/mol. The van der Waals surface area contributed by atoms with E-state index >= 15 is 0 Å². The molecule has 0 saturated heterocycles. The number of thiophene rings is 1. The maximum absolute atomic E-state index is 11.4. The zero-order valence-corrected chi connectivity index (χ0v) is 9.68. The van der Waals surface area contributed by atoms with Crippen LogP contribution in [0.1, 0.15) is 15.5 Å². The van der Waals surface area contributed by atoms with E-state index in [0.29, 0.717) is 6.54 Å². The van der Waals surface area contributed by atoms with Gasteiger partial charge in [0.1, 0.15) is 0 Å². The molecule has 0 bridgehead atoms. The molecule has 2 rings (SSSR count). The van der Waals surface area contributed by atoms with Gasteiger partial charge in [-0.25, -0.2) is 0 Å². The van der Waals surface area contributed by atoms with E-state index in [2.05, 4.69) is 25.9 Å². The minimum absolute atomic E-state index is 0.0456. The molecule has 8 heteroatoms. The van der Waals surface area contributed by atoms with Crippen LogP contribution in [0.5, 0.6) is 0 Å². The van der Waals surface area contributed by atoms with Gasteiger partial charge in [0.25, 0.3) is 11.7 Å². The number of aromatic amines is 1. The molecule has 0 aromatic carbocycles. The molecule has 0 aliphatic heterocycles. The lowest BCUT2D eigenvalue weighted by Crippen LogP contribution is -2.26. The zero-order chi connectivity index (χ0) is 11.4. The molecule has 0 radical (unpaired) electrons. The number of carbonyl (C=O) groups excluding carboxylic acids is 1.